The molecule has 1 fully saturated rings. The zero-order chi connectivity index (χ0) is 18.4. The summed E-state index contributed by atoms with van der Waals surface area (Å²) in [6.07, 6.45) is 2.02. The third-order valence-corrected chi connectivity index (χ3v) is 5.24. The van der Waals surface area contributed by atoms with Crippen molar-refractivity contribution in [3.8, 4) is 5.75 Å². The van der Waals surface area contributed by atoms with E-state index < -0.39 is 0 Å². The van der Waals surface area contributed by atoms with Gasteiger partial charge in [0.05, 0.1) is 13.2 Å². The quantitative estimate of drug-likeness (QED) is 0.585. The number of ether oxygens (including phenoxy) is 1. The Morgan fingerprint density at radius 1 is 1.27 bits per heavy atom. The minimum Gasteiger partial charge on any atom is -0.493 e. The minimum absolute atomic E-state index is 0.487. The molecule has 0 amide bonds. The van der Waals surface area contributed by atoms with E-state index in [1.807, 2.05) is 0 Å². The molecule has 1 aromatic carbocycles. The highest BCUT2D eigenvalue weighted by Crippen LogP contribution is 2.25. The van der Waals surface area contributed by atoms with Gasteiger partial charge in [0.1, 0.15) is 5.75 Å². The lowest BCUT2D eigenvalue weighted by atomic mass is 10.1. The molecule has 26 heavy (non-hydrogen) atoms. The monoisotopic (exact) mass is 359 g/mol. The van der Waals surface area contributed by atoms with Crippen LogP contribution < -0.4 is 15.4 Å². The Labute approximate surface area is 157 Å². The van der Waals surface area contributed by atoms with Crippen LogP contribution in [0, 0.1) is 0 Å². The molecule has 6 nitrogen and oxygen atoms in total. The molecular weight excluding hydrogens is 326 g/mol. The van der Waals surface area contributed by atoms with Gasteiger partial charge in [0, 0.05) is 45.2 Å². The molecular formula is C20H33N5O. The molecule has 0 aliphatic carbocycles. The molecule has 1 unspecified atom stereocenters. The Balaban J connectivity index is 1.49. The fourth-order valence-corrected chi connectivity index (χ4v) is 3.56. The average molecular weight is 360 g/mol. The van der Waals surface area contributed by atoms with Crippen molar-refractivity contribution in [3.05, 3.63) is 29.3 Å². The molecule has 2 N–H and O–H groups in total. The van der Waals surface area contributed by atoms with Crippen molar-refractivity contribution in [2.45, 2.75) is 25.8 Å². The zero-order valence-electron chi connectivity index (χ0n) is 16.4. The number of nitrogens with zero attached hydrogens (tertiary/aromatic N) is 3. The Kier molecular flexibility index (Phi) is 6.74. The maximum Gasteiger partial charge on any atom is 0.191 e. The number of benzene rings is 1. The van der Waals surface area contributed by atoms with E-state index in [4.69, 9.17) is 9.73 Å². The van der Waals surface area contributed by atoms with Gasteiger partial charge in [-0.05, 0) is 44.6 Å². The lowest BCUT2D eigenvalue weighted by Gasteiger charge is -2.36. The number of fused-ring (bicyclic) bond motifs is 1. The first-order valence-electron chi connectivity index (χ1n) is 9.81. The Morgan fingerprint density at radius 3 is 3.00 bits per heavy atom. The molecule has 1 saturated heterocycles. The molecule has 144 valence electrons. The van der Waals surface area contributed by atoms with Crippen molar-refractivity contribution in [2.75, 3.05) is 60.0 Å². The molecule has 1 atom stereocenters. The fraction of sp³-hybridized carbons (Fsp3) is 0.650. The van der Waals surface area contributed by atoms with Crippen LogP contribution in [0.15, 0.2) is 23.2 Å². The van der Waals surface area contributed by atoms with Gasteiger partial charge in [-0.15, -0.1) is 0 Å². The van der Waals surface area contributed by atoms with Crippen molar-refractivity contribution >= 4 is 5.96 Å². The molecule has 0 bridgehead atoms. The van der Waals surface area contributed by atoms with E-state index in [2.05, 4.69) is 59.7 Å². The van der Waals surface area contributed by atoms with Crippen molar-refractivity contribution in [3.63, 3.8) is 0 Å². The SMILES string of the molecule is CCNC(=NCC1CN(C)CCN1C)NCCc1ccc2c(c1)CCO2. The summed E-state index contributed by atoms with van der Waals surface area (Å²) in [6, 6.07) is 7.04. The summed E-state index contributed by atoms with van der Waals surface area (Å²) in [4.78, 5) is 9.62. The summed E-state index contributed by atoms with van der Waals surface area (Å²) >= 11 is 0. The largest absolute Gasteiger partial charge is 0.493 e. The molecule has 1 aromatic rings. The predicted octanol–water partition coefficient (Wildman–Crippen LogP) is 0.965. The molecule has 0 radical (unpaired) electrons. The third-order valence-electron chi connectivity index (χ3n) is 5.24. The van der Waals surface area contributed by atoms with Gasteiger partial charge < -0.3 is 20.3 Å². The first-order valence-corrected chi connectivity index (χ1v) is 9.81. The van der Waals surface area contributed by atoms with E-state index in [9.17, 15) is 0 Å². The number of rotatable bonds is 6. The molecule has 6 heteroatoms. The zero-order valence-corrected chi connectivity index (χ0v) is 16.4. The number of piperazine rings is 1. The van der Waals surface area contributed by atoms with Gasteiger partial charge in [0.15, 0.2) is 5.96 Å². The first-order chi connectivity index (χ1) is 12.7. The van der Waals surface area contributed by atoms with Gasteiger partial charge in [0.2, 0.25) is 0 Å². The van der Waals surface area contributed by atoms with E-state index in [-0.39, 0.29) is 0 Å². The van der Waals surface area contributed by atoms with Crippen LogP contribution in [0.2, 0.25) is 0 Å². The summed E-state index contributed by atoms with van der Waals surface area (Å²) in [6.45, 7) is 8.85. The fourth-order valence-electron chi connectivity index (χ4n) is 3.56. The van der Waals surface area contributed by atoms with E-state index in [0.717, 1.165) is 70.4 Å². The van der Waals surface area contributed by atoms with Crippen molar-refractivity contribution in [1.29, 1.82) is 0 Å². The molecule has 2 heterocycles. The minimum atomic E-state index is 0.487. The Bertz CT molecular complexity index is 618. The molecule has 0 aromatic heterocycles. The van der Waals surface area contributed by atoms with Crippen molar-refractivity contribution in [2.24, 2.45) is 4.99 Å². The van der Waals surface area contributed by atoms with Gasteiger partial charge in [-0.2, -0.15) is 0 Å². The lowest BCUT2D eigenvalue weighted by molar-refractivity contribution is 0.119. The number of nitrogens with one attached hydrogen (secondary N) is 2. The first kappa shape index (κ1) is 19.0. The average Bonchev–Trinajstić information content (AvgIpc) is 3.10. The van der Waals surface area contributed by atoms with Crippen LogP contribution in [0.3, 0.4) is 0 Å². The molecule has 3 rings (SSSR count). The van der Waals surface area contributed by atoms with E-state index in [1.165, 1.54) is 11.1 Å². The van der Waals surface area contributed by atoms with Gasteiger partial charge in [0.25, 0.3) is 0 Å². The van der Waals surface area contributed by atoms with Gasteiger partial charge >= 0.3 is 0 Å². The summed E-state index contributed by atoms with van der Waals surface area (Å²) < 4.78 is 5.58. The summed E-state index contributed by atoms with van der Waals surface area (Å²) in [5.41, 5.74) is 2.69. The van der Waals surface area contributed by atoms with E-state index in [1.54, 1.807) is 0 Å². The normalized spacial score (nSPS) is 21.3. The smallest absolute Gasteiger partial charge is 0.191 e. The topological polar surface area (TPSA) is 52.1 Å². The summed E-state index contributed by atoms with van der Waals surface area (Å²) in [5.74, 6) is 1.97. The van der Waals surface area contributed by atoms with E-state index >= 15 is 0 Å². The third kappa shape index (κ3) is 5.11. The van der Waals surface area contributed by atoms with Crippen LogP contribution >= 0.6 is 0 Å². The maximum absolute atomic E-state index is 5.58. The van der Waals surface area contributed by atoms with Crippen LogP contribution in [0.1, 0.15) is 18.1 Å². The van der Waals surface area contributed by atoms with Crippen molar-refractivity contribution < 1.29 is 4.74 Å². The predicted molar refractivity (Wildman–Crippen MR) is 107 cm³/mol. The second kappa shape index (κ2) is 9.24. The molecule has 2 aliphatic rings. The number of aliphatic imine (C=N–C) groups is 1. The highest BCUT2D eigenvalue weighted by atomic mass is 16.5. The van der Waals surface area contributed by atoms with Crippen LogP contribution in [0.5, 0.6) is 5.75 Å². The number of hydrogen-bond donors (Lipinski definition) is 2. The number of hydrogen-bond acceptors (Lipinski definition) is 4. The van der Waals surface area contributed by atoms with Crippen LogP contribution in [0.4, 0.5) is 0 Å². The highest BCUT2D eigenvalue weighted by Gasteiger charge is 2.21. The standard InChI is InChI=1S/C20H33N5O/c1-4-21-20(23-14-18-15-24(2)10-11-25(18)3)22-9-7-16-5-6-19-17(13-16)8-12-26-19/h5-6,13,18H,4,7-12,14-15H2,1-3H3,(H2,21,22,23). The highest BCUT2D eigenvalue weighted by molar-refractivity contribution is 5.79. The Hall–Kier alpha value is -1.79. The number of guanidine groups is 1. The van der Waals surface area contributed by atoms with Crippen LogP contribution in [-0.2, 0) is 12.8 Å². The van der Waals surface area contributed by atoms with Crippen LogP contribution in [0.25, 0.3) is 0 Å². The Morgan fingerprint density at radius 2 is 2.15 bits per heavy atom. The van der Waals surface area contributed by atoms with E-state index in [0.29, 0.717) is 6.04 Å². The lowest BCUT2D eigenvalue weighted by Crippen LogP contribution is -2.51. The summed E-state index contributed by atoms with van der Waals surface area (Å²) in [7, 11) is 4.39. The van der Waals surface area contributed by atoms with Gasteiger partial charge in [-0.3, -0.25) is 9.89 Å². The van der Waals surface area contributed by atoms with Gasteiger partial charge in [-0.25, -0.2) is 0 Å². The maximum atomic E-state index is 5.58. The van der Waals surface area contributed by atoms with Gasteiger partial charge in [-0.1, -0.05) is 12.1 Å². The second-order valence-corrected chi connectivity index (χ2v) is 7.33. The second-order valence-electron chi connectivity index (χ2n) is 7.33. The number of likely N-dealkylation sites (N-methyl/N-ethyl adjacent to an activating group) is 2. The van der Waals surface area contributed by atoms with Crippen LogP contribution in [-0.4, -0.2) is 81.8 Å². The molecule has 0 saturated carbocycles. The summed E-state index contributed by atoms with van der Waals surface area (Å²) in [5, 5.41) is 6.84. The molecule has 2 aliphatic heterocycles. The van der Waals surface area contributed by atoms with Crippen molar-refractivity contribution in [1.82, 2.24) is 20.4 Å². The molecule has 0 spiro atoms.